The first-order valence-corrected chi connectivity index (χ1v) is 11.8. The van der Waals surface area contributed by atoms with E-state index < -0.39 is 15.6 Å². The minimum Gasteiger partial charge on any atom is -0.483 e. The summed E-state index contributed by atoms with van der Waals surface area (Å²) in [6.45, 7) is 7.62. The quantitative estimate of drug-likeness (QED) is 0.730. The molecule has 1 spiro atoms. The van der Waals surface area contributed by atoms with Crippen LogP contribution in [0.2, 0.25) is 0 Å². The van der Waals surface area contributed by atoms with Crippen molar-refractivity contribution in [3.05, 3.63) is 59.2 Å². The maximum Gasteiger partial charge on any atom is 0.246 e. The van der Waals surface area contributed by atoms with Crippen molar-refractivity contribution in [1.29, 1.82) is 0 Å². The summed E-state index contributed by atoms with van der Waals surface area (Å²) in [7, 11) is -2.04. The van der Waals surface area contributed by atoms with E-state index in [-0.39, 0.29) is 4.90 Å². The number of hydrogen-bond acceptors (Lipinski definition) is 5. The van der Waals surface area contributed by atoms with Gasteiger partial charge in [0, 0.05) is 39.7 Å². The third kappa shape index (κ3) is 4.25. The molecule has 2 aromatic rings. The highest BCUT2D eigenvalue weighted by atomic mass is 32.2. The third-order valence-corrected chi connectivity index (χ3v) is 7.77. The largest absolute Gasteiger partial charge is 0.483 e. The lowest BCUT2D eigenvalue weighted by atomic mass is 10.0. The molecule has 0 N–H and O–H groups in total. The Morgan fingerprint density at radius 1 is 1.10 bits per heavy atom. The first-order valence-electron chi connectivity index (χ1n) is 10.4. The summed E-state index contributed by atoms with van der Waals surface area (Å²) in [6.07, 6.45) is 0.783. The SMILES string of the molecule is COCCN1CC2(CCN(Cc3cc(C)cc(C)c3)C2)Oc2ccccc2S1(=O)=O. The second-order valence-corrected chi connectivity index (χ2v) is 10.4. The highest BCUT2D eigenvalue weighted by Crippen LogP contribution is 2.38. The Hall–Kier alpha value is -1.93. The van der Waals surface area contributed by atoms with Gasteiger partial charge < -0.3 is 9.47 Å². The minimum absolute atomic E-state index is 0.241. The van der Waals surface area contributed by atoms with Gasteiger partial charge in [0.25, 0.3) is 0 Å². The van der Waals surface area contributed by atoms with Crippen molar-refractivity contribution < 1.29 is 17.9 Å². The van der Waals surface area contributed by atoms with E-state index in [1.165, 1.54) is 21.0 Å². The van der Waals surface area contributed by atoms with E-state index in [0.29, 0.717) is 32.0 Å². The zero-order valence-electron chi connectivity index (χ0n) is 17.9. The molecule has 162 valence electrons. The number of sulfonamides is 1. The molecule has 1 atom stereocenters. The van der Waals surface area contributed by atoms with Crippen LogP contribution >= 0.6 is 0 Å². The number of ether oxygens (including phenoxy) is 2. The first-order chi connectivity index (χ1) is 14.3. The lowest BCUT2D eigenvalue weighted by Gasteiger charge is -2.32. The summed E-state index contributed by atoms with van der Waals surface area (Å²) in [4.78, 5) is 2.61. The predicted molar refractivity (Wildman–Crippen MR) is 116 cm³/mol. The Balaban J connectivity index is 1.61. The maximum atomic E-state index is 13.3. The van der Waals surface area contributed by atoms with Gasteiger partial charge in [0.05, 0.1) is 13.2 Å². The fourth-order valence-electron chi connectivity index (χ4n) is 4.64. The van der Waals surface area contributed by atoms with Gasteiger partial charge in [-0.2, -0.15) is 4.31 Å². The van der Waals surface area contributed by atoms with Gasteiger partial charge in [-0.3, -0.25) is 4.90 Å². The molecular weight excluding hydrogens is 400 g/mol. The summed E-state index contributed by atoms with van der Waals surface area (Å²) < 4.78 is 39.8. The lowest BCUT2D eigenvalue weighted by molar-refractivity contribution is 0.0533. The molecule has 0 bridgehead atoms. The highest BCUT2D eigenvalue weighted by Gasteiger charge is 2.47. The van der Waals surface area contributed by atoms with Crippen LogP contribution in [0.3, 0.4) is 0 Å². The van der Waals surface area contributed by atoms with Gasteiger partial charge in [-0.15, -0.1) is 0 Å². The molecule has 1 fully saturated rings. The molecule has 2 aliphatic heterocycles. The van der Waals surface area contributed by atoms with Crippen molar-refractivity contribution in [3.63, 3.8) is 0 Å². The smallest absolute Gasteiger partial charge is 0.246 e. The number of methoxy groups -OCH3 is 1. The van der Waals surface area contributed by atoms with Crippen molar-refractivity contribution >= 4 is 10.0 Å². The monoisotopic (exact) mass is 430 g/mol. The van der Waals surface area contributed by atoms with Crippen LogP contribution in [0.25, 0.3) is 0 Å². The predicted octanol–water partition coefficient (Wildman–Crippen LogP) is 2.98. The second kappa shape index (κ2) is 8.30. The van der Waals surface area contributed by atoms with E-state index in [1.807, 2.05) is 6.07 Å². The van der Waals surface area contributed by atoms with Gasteiger partial charge in [0.2, 0.25) is 10.0 Å². The summed E-state index contributed by atoms with van der Waals surface area (Å²) in [5.74, 6) is 0.450. The molecule has 0 aliphatic carbocycles. The van der Waals surface area contributed by atoms with Crippen molar-refractivity contribution in [2.75, 3.05) is 39.9 Å². The molecule has 4 rings (SSSR count). The number of rotatable bonds is 5. The van der Waals surface area contributed by atoms with E-state index in [0.717, 1.165) is 19.5 Å². The Morgan fingerprint density at radius 2 is 1.83 bits per heavy atom. The van der Waals surface area contributed by atoms with E-state index in [1.54, 1.807) is 25.3 Å². The zero-order chi connectivity index (χ0) is 21.4. The van der Waals surface area contributed by atoms with Gasteiger partial charge in [0.1, 0.15) is 16.2 Å². The van der Waals surface area contributed by atoms with E-state index in [9.17, 15) is 8.42 Å². The molecule has 0 saturated carbocycles. The topological polar surface area (TPSA) is 59.1 Å². The Morgan fingerprint density at radius 3 is 2.57 bits per heavy atom. The number of aryl methyl sites for hydroxylation is 2. The van der Waals surface area contributed by atoms with E-state index in [2.05, 4.69) is 36.9 Å². The van der Waals surface area contributed by atoms with Gasteiger partial charge in [0.15, 0.2) is 0 Å². The second-order valence-electron chi connectivity index (χ2n) is 8.52. The first kappa shape index (κ1) is 21.3. The molecule has 0 aromatic heterocycles. The standard InChI is InChI=1S/C23H30N2O4S/c1-18-12-19(2)14-20(13-18)15-24-9-8-23(16-24)17-25(10-11-28-3)30(26,27)22-7-5-4-6-21(22)29-23/h4-7,12-14H,8-11,15-17H2,1-3H3. The number of benzene rings is 2. The van der Waals surface area contributed by atoms with Crippen molar-refractivity contribution in [1.82, 2.24) is 9.21 Å². The molecule has 0 amide bonds. The van der Waals surface area contributed by atoms with E-state index in [4.69, 9.17) is 9.47 Å². The van der Waals surface area contributed by atoms with E-state index >= 15 is 0 Å². The van der Waals surface area contributed by atoms with Crippen LogP contribution < -0.4 is 4.74 Å². The number of hydrogen-bond donors (Lipinski definition) is 0. The number of fused-ring (bicyclic) bond motifs is 1. The molecule has 2 aliphatic rings. The van der Waals surface area contributed by atoms with Gasteiger partial charge >= 0.3 is 0 Å². The maximum absolute atomic E-state index is 13.3. The Kier molecular flexibility index (Phi) is 5.90. The lowest BCUT2D eigenvalue weighted by Crippen LogP contribution is -2.49. The van der Waals surface area contributed by atoms with Gasteiger partial charge in [-0.05, 0) is 31.5 Å². The van der Waals surface area contributed by atoms with Crippen LogP contribution in [0.4, 0.5) is 0 Å². The van der Waals surface area contributed by atoms with Crippen molar-refractivity contribution in [2.24, 2.45) is 0 Å². The summed E-state index contributed by atoms with van der Waals surface area (Å²) in [5.41, 5.74) is 3.24. The molecule has 1 saturated heterocycles. The Bertz CT molecular complexity index is 1000. The summed E-state index contributed by atoms with van der Waals surface area (Å²) >= 11 is 0. The Labute approximate surface area is 179 Å². The molecule has 7 heteroatoms. The van der Waals surface area contributed by atoms with Gasteiger partial charge in [-0.25, -0.2) is 8.42 Å². The molecule has 1 unspecified atom stereocenters. The van der Waals surface area contributed by atoms with Crippen LogP contribution in [0.1, 0.15) is 23.1 Å². The van der Waals surface area contributed by atoms with Crippen molar-refractivity contribution in [2.45, 2.75) is 37.3 Å². The average molecular weight is 431 g/mol. The van der Waals surface area contributed by atoms with Crippen LogP contribution in [-0.2, 0) is 21.3 Å². The van der Waals surface area contributed by atoms with Gasteiger partial charge in [-0.1, -0.05) is 41.5 Å². The number of likely N-dealkylation sites (tertiary alicyclic amines) is 1. The normalized spacial score (nSPS) is 23.8. The molecule has 2 aromatic carbocycles. The number of para-hydroxylation sites is 1. The highest BCUT2D eigenvalue weighted by molar-refractivity contribution is 7.89. The summed E-state index contributed by atoms with van der Waals surface area (Å²) in [6, 6.07) is 13.6. The fourth-order valence-corrected chi connectivity index (χ4v) is 6.26. The van der Waals surface area contributed by atoms with Crippen molar-refractivity contribution in [3.8, 4) is 5.75 Å². The fraction of sp³-hybridized carbons (Fsp3) is 0.478. The van der Waals surface area contributed by atoms with Crippen LogP contribution in [0, 0.1) is 13.8 Å². The molecular formula is C23H30N2O4S. The molecule has 0 radical (unpaired) electrons. The number of nitrogens with zero attached hydrogens (tertiary/aromatic N) is 2. The third-order valence-electron chi connectivity index (χ3n) is 5.89. The zero-order valence-corrected chi connectivity index (χ0v) is 18.7. The van der Waals surface area contributed by atoms with Crippen LogP contribution in [-0.4, -0.2) is 63.1 Å². The average Bonchev–Trinajstić information content (AvgIpc) is 3.02. The summed E-state index contributed by atoms with van der Waals surface area (Å²) in [5, 5.41) is 0. The molecule has 2 heterocycles. The molecule has 30 heavy (non-hydrogen) atoms. The van der Waals surface area contributed by atoms with Crippen LogP contribution in [0.15, 0.2) is 47.4 Å². The molecule has 6 nitrogen and oxygen atoms in total. The minimum atomic E-state index is -3.63. The van der Waals surface area contributed by atoms with Crippen LogP contribution in [0.5, 0.6) is 5.75 Å².